The number of imide groups is 1. The van der Waals surface area contributed by atoms with Crippen molar-refractivity contribution in [1.82, 2.24) is 10.2 Å². The number of carbonyl (C=O) groups is 2. The van der Waals surface area contributed by atoms with Crippen molar-refractivity contribution >= 4 is 22.7 Å². The molecule has 4 rings (SSSR count). The molecule has 1 saturated heterocycles. The minimum Gasteiger partial charge on any atom is -0.490 e. The number of benzene rings is 2. The van der Waals surface area contributed by atoms with Crippen molar-refractivity contribution in [2.75, 3.05) is 13.2 Å². The Hall–Kier alpha value is -2.60. The van der Waals surface area contributed by atoms with Crippen molar-refractivity contribution in [2.45, 2.75) is 31.4 Å². The summed E-state index contributed by atoms with van der Waals surface area (Å²) < 4.78 is 5.75. The van der Waals surface area contributed by atoms with Crippen LogP contribution in [0.5, 0.6) is 5.75 Å². The summed E-state index contributed by atoms with van der Waals surface area (Å²) in [6.07, 6.45) is 0.942. The summed E-state index contributed by atoms with van der Waals surface area (Å²) in [4.78, 5) is 25.9. The molecule has 1 heterocycles. The number of nitrogens with zero attached hydrogens (tertiary/aromatic N) is 1. The van der Waals surface area contributed by atoms with E-state index in [4.69, 9.17) is 4.74 Å². The van der Waals surface area contributed by atoms with Crippen LogP contribution in [-0.4, -0.2) is 46.7 Å². The number of urea groups is 1. The number of fused-ring (bicyclic) bond motifs is 1. The fourth-order valence-corrected chi connectivity index (χ4v) is 3.59. The fraction of sp³-hybridized carbons (Fsp3) is 0.400. The summed E-state index contributed by atoms with van der Waals surface area (Å²) in [6, 6.07) is 13.1. The number of aliphatic hydroxyl groups is 1. The van der Waals surface area contributed by atoms with Crippen LogP contribution >= 0.6 is 0 Å². The van der Waals surface area contributed by atoms with Crippen molar-refractivity contribution in [1.29, 1.82) is 0 Å². The van der Waals surface area contributed by atoms with Crippen LogP contribution in [0.15, 0.2) is 42.5 Å². The molecule has 0 aromatic heterocycles. The summed E-state index contributed by atoms with van der Waals surface area (Å²) in [5, 5.41) is 15.1. The van der Waals surface area contributed by atoms with Crippen molar-refractivity contribution in [3.05, 3.63) is 42.5 Å². The minimum atomic E-state index is -0.953. The highest BCUT2D eigenvalue weighted by molar-refractivity contribution is 6.07. The maximum atomic E-state index is 12.6. The van der Waals surface area contributed by atoms with Crippen LogP contribution in [0.2, 0.25) is 0 Å². The molecule has 0 bridgehead atoms. The third kappa shape index (κ3) is 2.90. The van der Waals surface area contributed by atoms with E-state index in [0.29, 0.717) is 5.75 Å². The molecule has 2 aromatic rings. The Balaban J connectivity index is 1.40. The van der Waals surface area contributed by atoms with Gasteiger partial charge in [0.15, 0.2) is 0 Å². The zero-order valence-corrected chi connectivity index (χ0v) is 14.6. The van der Waals surface area contributed by atoms with Gasteiger partial charge in [0, 0.05) is 5.39 Å². The number of amides is 3. The fourth-order valence-electron chi connectivity index (χ4n) is 3.59. The molecule has 6 nitrogen and oxygen atoms in total. The number of β-amino-alcohol motifs (C(OH)–C–C–N with tert-alkyl or cyclic N) is 1. The maximum Gasteiger partial charge on any atom is 0.325 e. The third-order valence-electron chi connectivity index (χ3n) is 5.27. The molecule has 1 saturated carbocycles. The SMILES string of the molecule is C[C@@]1(C2CC2)NC(=O)N(C[C@@H](O)COc2cccc3ccccc23)C1=O. The predicted octanol–water partition coefficient (Wildman–Crippen LogP) is 2.30. The molecule has 2 aliphatic rings. The molecule has 2 atom stereocenters. The Morgan fingerprint density at radius 2 is 1.96 bits per heavy atom. The highest BCUT2D eigenvalue weighted by Gasteiger charge is 2.56. The summed E-state index contributed by atoms with van der Waals surface area (Å²) >= 11 is 0. The van der Waals surface area contributed by atoms with Crippen LogP contribution < -0.4 is 10.1 Å². The number of hydrogen-bond donors (Lipinski definition) is 2. The summed E-state index contributed by atoms with van der Waals surface area (Å²) in [5.41, 5.74) is -0.826. The van der Waals surface area contributed by atoms with Crippen LogP contribution in [0.1, 0.15) is 19.8 Å². The lowest BCUT2D eigenvalue weighted by Crippen LogP contribution is -2.46. The molecular weight excluding hydrogens is 332 g/mol. The van der Waals surface area contributed by atoms with Gasteiger partial charge in [0.2, 0.25) is 0 Å². The van der Waals surface area contributed by atoms with Crippen molar-refractivity contribution in [3.8, 4) is 5.75 Å². The van der Waals surface area contributed by atoms with E-state index < -0.39 is 17.7 Å². The molecule has 0 radical (unpaired) electrons. The Kier molecular flexibility index (Phi) is 4.07. The summed E-state index contributed by atoms with van der Waals surface area (Å²) in [7, 11) is 0. The molecule has 3 amide bonds. The van der Waals surface area contributed by atoms with Crippen LogP contribution in [0.25, 0.3) is 10.8 Å². The number of nitrogens with one attached hydrogen (secondary N) is 1. The van der Waals surface area contributed by atoms with E-state index in [-0.39, 0.29) is 25.0 Å². The first-order valence-electron chi connectivity index (χ1n) is 8.92. The minimum absolute atomic E-state index is 0.00517. The van der Waals surface area contributed by atoms with Gasteiger partial charge in [-0.25, -0.2) is 4.79 Å². The molecule has 26 heavy (non-hydrogen) atoms. The van der Waals surface area contributed by atoms with Crippen molar-refractivity contribution in [3.63, 3.8) is 0 Å². The van der Waals surface area contributed by atoms with Gasteiger partial charge in [0.1, 0.15) is 24.0 Å². The Bertz CT molecular complexity index is 859. The molecule has 0 spiro atoms. The first-order valence-corrected chi connectivity index (χ1v) is 8.92. The molecule has 2 N–H and O–H groups in total. The Labute approximate surface area is 151 Å². The van der Waals surface area contributed by atoms with Gasteiger partial charge in [0.05, 0.1) is 6.54 Å². The van der Waals surface area contributed by atoms with E-state index in [9.17, 15) is 14.7 Å². The zero-order chi connectivity index (χ0) is 18.3. The highest BCUT2D eigenvalue weighted by Crippen LogP contribution is 2.42. The van der Waals surface area contributed by atoms with E-state index >= 15 is 0 Å². The first-order chi connectivity index (χ1) is 12.5. The highest BCUT2D eigenvalue weighted by atomic mass is 16.5. The lowest BCUT2D eigenvalue weighted by atomic mass is 9.96. The second-order valence-corrected chi connectivity index (χ2v) is 7.26. The maximum absolute atomic E-state index is 12.6. The average molecular weight is 354 g/mol. The smallest absolute Gasteiger partial charge is 0.325 e. The number of carbonyl (C=O) groups excluding carboxylic acids is 2. The molecule has 1 aliphatic carbocycles. The van der Waals surface area contributed by atoms with Gasteiger partial charge in [-0.15, -0.1) is 0 Å². The van der Waals surface area contributed by atoms with E-state index in [1.165, 1.54) is 0 Å². The Morgan fingerprint density at radius 1 is 1.23 bits per heavy atom. The van der Waals surface area contributed by atoms with Gasteiger partial charge in [-0.1, -0.05) is 36.4 Å². The monoisotopic (exact) mass is 354 g/mol. The molecule has 2 aromatic carbocycles. The normalized spacial score (nSPS) is 24.0. The number of rotatable bonds is 6. The van der Waals surface area contributed by atoms with Gasteiger partial charge >= 0.3 is 6.03 Å². The van der Waals surface area contributed by atoms with Gasteiger partial charge in [0.25, 0.3) is 5.91 Å². The van der Waals surface area contributed by atoms with E-state index in [1.54, 1.807) is 6.92 Å². The molecule has 6 heteroatoms. The first kappa shape index (κ1) is 16.8. The van der Waals surface area contributed by atoms with Gasteiger partial charge in [-0.3, -0.25) is 9.69 Å². The standard InChI is InChI=1S/C20H22N2O4/c1-20(14-9-10-14)18(24)22(19(25)21-20)11-15(23)12-26-17-8-4-6-13-5-2-3-7-16(13)17/h2-8,14-15,23H,9-12H2,1H3,(H,21,25)/t15-,20+/m1/s1. The molecule has 136 valence electrons. The van der Waals surface area contributed by atoms with Gasteiger partial charge in [-0.2, -0.15) is 0 Å². The molecule has 1 aliphatic heterocycles. The number of hydrogen-bond acceptors (Lipinski definition) is 4. The van der Waals surface area contributed by atoms with Crippen molar-refractivity contribution in [2.24, 2.45) is 5.92 Å². The van der Waals surface area contributed by atoms with Gasteiger partial charge in [-0.05, 0) is 37.1 Å². The summed E-state index contributed by atoms with van der Waals surface area (Å²) in [5.74, 6) is 0.615. The number of ether oxygens (including phenoxy) is 1. The predicted molar refractivity (Wildman–Crippen MR) is 96.8 cm³/mol. The third-order valence-corrected chi connectivity index (χ3v) is 5.27. The molecule has 2 fully saturated rings. The topological polar surface area (TPSA) is 78.9 Å². The van der Waals surface area contributed by atoms with Crippen molar-refractivity contribution < 1.29 is 19.4 Å². The second-order valence-electron chi connectivity index (χ2n) is 7.26. The second kappa shape index (κ2) is 6.29. The van der Waals surface area contributed by atoms with Crippen LogP contribution in [0.4, 0.5) is 4.79 Å². The van der Waals surface area contributed by atoms with E-state index in [1.807, 2.05) is 42.5 Å². The average Bonchev–Trinajstić information content (AvgIpc) is 3.46. The largest absolute Gasteiger partial charge is 0.490 e. The summed E-state index contributed by atoms with van der Waals surface area (Å²) in [6.45, 7) is 1.70. The molecule has 0 unspecified atom stereocenters. The zero-order valence-electron chi connectivity index (χ0n) is 14.6. The van der Waals surface area contributed by atoms with Crippen LogP contribution in [-0.2, 0) is 4.79 Å². The van der Waals surface area contributed by atoms with E-state index in [0.717, 1.165) is 28.5 Å². The van der Waals surface area contributed by atoms with E-state index in [2.05, 4.69) is 5.32 Å². The lowest BCUT2D eigenvalue weighted by molar-refractivity contribution is -0.132. The molecular formula is C20H22N2O4. The van der Waals surface area contributed by atoms with Crippen LogP contribution in [0.3, 0.4) is 0 Å². The Morgan fingerprint density at radius 3 is 2.73 bits per heavy atom. The quantitative estimate of drug-likeness (QED) is 0.780. The number of aliphatic hydroxyl groups excluding tert-OH is 1. The van der Waals surface area contributed by atoms with Crippen LogP contribution in [0, 0.1) is 5.92 Å². The van der Waals surface area contributed by atoms with Gasteiger partial charge < -0.3 is 15.2 Å². The lowest BCUT2D eigenvalue weighted by Gasteiger charge is -2.22.